The summed E-state index contributed by atoms with van der Waals surface area (Å²) in [7, 11) is 0. The number of hydrogen-bond donors (Lipinski definition) is 4. The number of para-hydroxylation sites is 2. The van der Waals surface area contributed by atoms with Gasteiger partial charge in [-0.1, -0.05) is 23.7 Å². The Bertz CT molecular complexity index is 1210. The molecule has 0 unspecified atom stereocenters. The molecule has 0 aliphatic carbocycles. The standard InChI is InChI=1S/C23H22ClFN4O3S/c1-12(2)26-23(32)28-18-7-5-4-6-17(18)27-22(31)20-13(3)10-19(33-20)29-21(30)15-9-8-14(25)11-16(15)24/h4-12H,1-3H3,(H,27,31)(H,29,30)(H2,26,28,32). The number of anilines is 3. The van der Waals surface area contributed by atoms with Crippen molar-refractivity contribution in [1.29, 1.82) is 0 Å². The maximum Gasteiger partial charge on any atom is 0.319 e. The van der Waals surface area contributed by atoms with Gasteiger partial charge in [-0.2, -0.15) is 0 Å². The van der Waals surface area contributed by atoms with E-state index in [9.17, 15) is 18.8 Å². The van der Waals surface area contributed by atoms with Crippen molar-refractivity contribution in [2.24, 2.45) is 0 Å². The van der Waals surface area contributed by atoms with Crippen LogP contribution in [0.25, 0.3) is 0 Å². The van der Waals surface area contributed by atoms with Gasteiger partial charge in [-0.3, -0.25) is 9.59 Å². The van der Waals surface area contributed by atoms with Crippen LogP contribution in [0.2, 0.25) is 5.02 Å². The van der Waals surface area contributed by atoms with E-state index < -0.39 is 17.6 Å². The number of nitrogens with one attached hydrogen (secondary N) is 4. The third-order valence-corrected chi connectivity index (χ3v) is 5.84. The van der Waals surface area contributed by atoms with Crippen LogP contribution in [-0.4, -0.2) is 23.9 Å². The molecule has 0 saturated carbocycles. The minimum atomic E-state index is -0.543. The highest BCUT2D eigenvalue weighted by Gasteiger charge is 2.18. The van der Waals surface area contributed by atoms with E-state index in [0.29, 0.717) is 26.8 Å². The van der Waals surface area contributed by atoms with Crippen LogP contribution in [-0.2, 0) is 0 Å². The molecule has 4 N–H and O–H groups in total. The van der Waals surface area contributed by atoms with E-state index in [0.717, 1.165) is 23.5 Å². The number of amides is 4. The molecular formula is C23H22ClFN4O3S. The Morgan fingerprint density at radius 1 is 0.939 bits per heavy atom. The molecule has 0 aliphatic rings. The third kappa shape index (κ3) is 6.30. The van der Waals surface area contributed by atoms with Crippen molar-refractivity contribution >= 4 is 57.2 Å². The second-order valence-electron chi connectivity index (χ2n) is 7.45. The van der Waals surface area contributed by atoms with Gasteiger partial charge in [0, 0.05) is 6.04 Å². The number of thiophene rings is 1. The van der Waals surface area contributed by atoms with Crippen LogP contribution in [0.15, 0.2) is 48.5 Å². The van der Waals surface area contributed by atoms with Crippen LogP contribution in [0.3, 0.4) is 0 Å². The van der Waals surface area contributed by atoms with Gasteiger partial charge >= 0.3 is 6.03 Å². The quantitative estimate of drug-likeness (QED) is 0.348. The Balaban J connectivity index is 1.73. The summed E-state index contributed by atoms with van der Waals surface area (Å²) >= 11 is 7.04. The fourth-order valence-electron chi connectivity index (χ4n) is 2.92. The number of benzene rings is 2. The molecule has 0 spiro atoms. The summed E-state index contributed by atoms with van der Waals surface area (Å²) < 4.78 is 13.2. The second kappa shape index (κ2) is 10.5. The highest BCUT2D eigenvalue weighted by Crippen LogP contribution is 2.30. The molecule has 1 heterocycles. The minimum absolute atomic E-state index is 0.00986. The van der Waals surface area contributed by atoms with Gasteiger partial charge in [-0.15, -0.1) is 11.3 Å². The zero-order valence-corrected chi connectivity index (χ0v) is 19.7. The molecule has 4 amide bonds. The molecule has 0 bridgehead atoms. The molecule has 0 fully saturated rings. The monoisotopic (exact) mass is 488 g/mol. The summed E-state index contributed by atoms with van der Waals surface area (Å²) in [5.74, 6) is -1.45. The Kier molecular flexibility index (Phi) is 7.67. The lowest BCUT2D eigenvalue weighted by Crippen LogP contribution is -2.34. The number of rotatable bonds is 6. The maximum atomic E-state index is 13.2. The topological polar surface area (TPSA) is 99.3 Å². The van der Waals surface area contributed by atoms with E-state index in [1.165, 1.54) is 6.07 Å². The summed E-state index contributed by atoms with van der Waals surface area (Å²) in [4.78, 5) is 37.8. The van der Waals surface area contributed by atoms with Crippen LogP contribution in [0.4, 0.5) is 25.6 Å². The van der Waals surface area contributed by atoms with Gasteiger partial charge < -0.3 is 21.3 Å². The molecule has 33 heavy (non-hydrogen) atoms. The Morgan fingerprint density at radius 3 is 2.24 bits per heavy atom. The molecule has 7 nitrogen and oxygen atoms in total. The molecule has 0 saturated heterocycles. The maximum absolute atomic E-state index is 13.2. The van der Waals surface area contributed by atoms with Crippen LogP contribution >= 0.6 is 22.9 Å². The van der Waals surface area contributed by atoms with E-state index >= 15 is 0 Å². The molecule has 0 atom stereocenters. The Morgan fingerprint density at radius 2 is 1.61 bits per heavy atom. The third-order valence-electron chi connectivity index (χ3n) is 4.38. The fraction of sp³-hybridized carbons (Fsp3) is 0.174. The zero-order valence-electron chi connectivity index (χ0n) is 18.1. The molecule has 0 aliphatic heterocycles. The van der Waals surface area contributed by atoms with E-state index in [1.807, 2.05) is 13.8 Å². The number of halogens is 2. The lowest BCUT2D eigenvalue weighted by Gasteiger charge is -2.14. The largest absolute Gasteiger partial charge is 0.336 e. The zero-order chi connectivity index (χ0) is 24.1. The predicted molar refractivity (Wildman–Crippen MR) is 130 cm³/mol. The van der Waals surface area contributed by atoms with Gasteiger partial charge in [0.1, 0.15) is 5.82 Å². The van der Waals surface area contributed by atoms with Gasteiger partial charge in [0.05, 0.1) is 31.8 Å². The van der Waals surface area contributed by atoms with E-state index in [1.54, 1.807) is 37.3 Å². The molecule has 2 aromatic carbocycles. The van der Waals surface area contributed by atoms with E-state index in [4.69, 9.17) is 11.6 Å². The number of carbonyl (C=O) groups is 3. The number of carbonyl (C=O) groups excluding carboxylic acids is 3. The molecule has 3 aromatic rings. The van der Waals surface area contributed by atoms with Crippen molar-refractivity contribution in [2.45, 2.75) is 26.8 Å². The smallest absolute Gasteiger partial charge is 0.319 e. The van der Waals surface area contributed by atoms with E-state index in [-0.39, 0.29) is 22.7 Å². The van der Waals surface area contributed by atoms with Crippen LogP contribution < -0.4 is 21.3 Å². The first-order valence-electron chi connectivity index (χ1n) is 9.98. The van der Waals surface area contributed by atoms with Gasteiger partial charge in [-0.25, -0.2) is 9.18 Å². The summed E-state index contributed by atoms with van der Waals surface area (Å²) in [5.41, 5.74) is 1.64. The van der Waals surface area contributed by atoms with Crippen LogP contribution in [0.5, 0.6) is 0 Å². The van der Waals surface area contributed by atoms with Crippen molar-refractivity contribution in [1.82, 2.24) is 5.32 Å². The van der Waals surface area contributed by atoms with Crippen LogP contribution in [0.1, 0.15) is 39.4 Å². The number of hydrogen-bond acceptors (Lipinski definition) is 4. The van der Waals surface area contributed by atoms with Crippen molar-refractivity contribution in [3.05, 3.63) is 75.4 Å². The highest BCUT2D eigenvalue weighted by atomic mass is 35.5. The second-order valence-corrected chi connectivity index (χ2v) is 8.91. The van der Waals surface area contributed by atoms with Gasteiger partial charge in [-0.05, 0) is 62.7 Å². The Hall–Kier alpha value is -3.43. The van der Waals surface area contributed by atoms with Gasteiger partial charge in [0.25, 0.3) is 11.8 Å². The fourth-order valence-corrected chi connectivity index (χ4v) is 4.14. The number of aryl methyl sites for hydroxylation is 1. The first kappa shape index (κ1) is 24.2. The van der Waals surface area contributed by atoms with Crippen molar-refractivity contribution in [3.8, 4) is 0 Å². The number of urea groups is 1. The van der Waals surface area contributed by atoms with Crippen molar-refractivity contribution in [3.63, 3.8) is 0 Å². The minimum Gasteiger partial charge on any atom is -0.336 e. The molecule has 0 radical (unpaired) electrons. The lowest BCUT2D eigenvalue weighted by atomic mass is 10.2. The molecule has 3 rings (SSSR count). The highest BCUT2D eigenvalue weighted by molar-refractivity contribution is 7.18. The van der Waals surface area contributed by atoms with Crippen molar-refractivity contribution < 1.29 is 18.8 Å². The SMILES string of the molecule is Cc1cc(NC(=O)c2ccc(F)cc2Cl)sc1C(=O)Nc1ccccc1NC(=O)NC(C)C. The first-order valence-corrected chi connectivity index (χ1v) is 11.2. The Labute approximate surface area is 199 Å². The summed E-state index contributed by atoms with van der Waals surface area (Å²) in [6.07, 6.45) is 0. The van der Waals surface area contributed by atoms with Crippen molar-refractivity contribution in [2.75, 3.05) is 16.0 Å². The normalized spacial score (nSPS) is 10.6. The lowest BCUT2D eigenvalue weighted by molar-refractivity contribution is 0.102. The average molecular weight is 489 g/mol. The van der Waals surface area contributed by atoms with Gasteiger partial charge in [0.2, 0.25) is 0 Å². The molecule has 1 aromatic heterocycles. The van der Waals surface area contributed by atoms with Gasteiger partial charge in [0.15, 0.2) is 0 Å². The summed E-state index contributed by atoms with van der Waals surface area (Å²) in [6.45, 7) is 5.42. The average Bonchev–Trinajstić information content (AvgIpc) is 3.08. The summed E-state index contributed by atoms with van der Waals surface area (Å²) in [5, 5.41) is 11.3. The van der Waals surface area contributed by atoms with Crippen LogP contribution in [0, 0.1) is 12.7 Å². The molecule has 172 valence electrons. The van der Waals surface area contributed by atoms with E-state index in [2.05, 4.69) is 21.3 Å². The first-order chi connectivity index (χ1) is 15.6. The molecule has 10 heteroatoms. The predicted octanol–water partition coefficient (Wildman–Crippen LogP) is 5.88. The summed E-state index contributed by atoms with van der Waals surface area (Å²) in [6, 6.07) is 11.6. The molecular weight excluding hydrogens is 467 g/mol.